The minimum Gasteiger partial charge on any atom is -0.454 e. The molecule has 0 unspecified atom stereocenters. The van der Waals surface area contributed by atoms with E-state index in [1.54, 1.807) is 11.9 Å². The summed E-state index contributed by atoms with van der Waals surface area (Å²) in [5.74, 6) is 2.13. The van der Waals surface area contributed by atoms with Crippen molar-refractivity contribution < 1.29 is 14.3 Å². The number of carbonyl (C=O) groups is 1. The fraction of sp³-hybridized carbons (Fsp3) is 0.462. The van der Waals surface area contributed by atoms with Gasteiger partial charge in [0.15, 0.2) is 11.5 Å². The lowest BCUT2D eigenvalue weighted by atomic mass is 10.2. The highest BCUT2D eigenvalue weighted by Crippen LogP contribution is 2.32. The summed E-state index contributed by atoms with van der Waals surface area (Å²) in [4.78, 5) is 13.4. The number of carbonyl (C=O) groups excluding carboxylic acids is 1. The second-order valence-electron chi connectivity index (χ2n) is 4.23. The van der Waals surface area contributed by atoms with Crippen molar-refractivity contribution in [3.05, 3.63) is 23.8 Å². The van der Waals surface area contributed by atoms with E-state index in [4.69, 9.17) is 21.1 Å². The number of halogens is 1. The van der Waals surface area contributed by atoms with Crippen LogP contribution >= 0.6 is 11.6 Å². The first-order valence-corrected chi connectivity index (χ1v) is 6.42. The highest BCUT2D eigenvalue weighted by atomic mass is 35.5. The predicted molar refractivity (Wildman–Crippen MR) is 69.0 cm³/mol. The summed E-state index contributed by atoms with van der Waals surface area (Å²) in [6, 6.07) is 5.72. The molecule has 0 spiro atoms. The summed E-state index contributed by atoms with van der Waals surface area (Å²) in [5.41, 5.74) is 1.03. The number of nitrogens with zero attached hydrogens (tertiary/aromatic N) is 1. The van der Waals surface area contributed by atoms with Crippen molar-refractivity contribution in [1.82, 2.24) is 4.90 Å². The first-order chi connectivity index (χ1) is 8.70. The lowest BCUT2D eigenvalue weighted by Gasteiger charge is -2.17. The zero-order chi connectivity index (χ0) is 13.0. The van der Waals surface area contributed by atoms with E-state index in [0.717, 1.165) is 17.1 Å². The third kappa shape index (κ3) is 3.07. The Balaban J connectivity index is 1.94. The molecule has 1 aromatic carbocycles. The van der Waals surface area contributed by atoms with Gasteiger partial charge in [0.25, 0.3) is 0 Å². The molecule has 0 bridgehead atoms. The average molecular weight is 270 g/mol. The molecular formula is C13H16ClNO3. The van der Waals surface area contributed by atoms with Gasteiger partial charge in [0.1, 0.15) is 0 Å². The van der Waals surface area contributed by atoms with Gasteiger partial charge in [0, 0.05) is 25.9 Å². The fourth-order valence-electron chi connectivity index (χ4n) is 1.81. The van der Waals surface area contributed by atoms with Gasteiger partial charge in [0.2, 0.25) is 12.7 Å². The Morgan fingerprint density at radius 3 is 2.94 bits per heavy atom. The largest absolute Gasteiger partial charge is 0.454 e. The van der Waals surface area contributed by atoms with E-state index in [-0.39, 0.29) is 12.7 Å². The first-order valence-electron chi connectivity index (χ1n) is 5.89. The Hall–Kier alpha value is -1.42. The van der Waals surface area contributed by atoms with E-state index in [1.807, 2.05) is 18.2 Å². The Bertz CT molecular complexity index is 436. The molecule has 1 aromatic rings. The maximum atomic E-state index is 11.8. The molecule has 98 valence electrons. The molecule has 1 amide bonds. The third-order valence-electron chi connectivity index (χ3n) is 2.81. The zero-order valence-corrected chi connectivity index (χ0v) is 11.1. The number of ether oxygens (including phenoxy) is 2. The van der Waals surface area contributed by atoms with Crippen LogP contribution in [0.3, 0.4) is 0 Å². The van der Waals surface area contributed by atoms with E-state index in [9.17, 15) is 4.79 Å². The van der Waals surface area contributed by atoms with Gasteiger partial charge >= 0.3 is 0 Å². The Morgan fingerprint density at radius 2 is 2.17 bits per heavy atom. The standard InChI is InChI=1S/C13H16ClNO3/c1-15(13(16)3-2-6-14)8-10-4-5-11-12(7-10)18-9-17-11/h4-5,7H,2-3,6,8-9H2,1H3. The Morgan fingerprint density at radius 1 is 1.39 bits per heavy atom. The lowest BCUT2D eigenvalue weighted by molar-refractivity contribution is -0.130. The molecule has 4 nitrogen and oxygen atoms in total. The van der Waals surface area contributed by atoms with E-state index in [2.05, 4.69) is 0 Å². The number of benzene rings is 1. The van der Waals surface area contributed by atoms with Crippen molar-refractivity contribution in [3.63, 3.8) is 0 Å². The van der Waals surface area contributed by atoms with E-state index in [1.165, 1.54) is 0 Å². The molecule has 1 aliphatic rings. The second-order valence-corrected chi connectivity index (χ2v) is 4.61. The summed E-state index contributed by atoms with van der Waals surface area (Å²) >= 11 is 5.57. The summed E-state index contributed by atoms with van der Waals surface area (Å²) in [7, 11) is 1.79. The zero-order valence-electron chi connectivity index (χ0n) is 10.3. The summed E-state index contributed by atoms with van der Waals surface area (Å²) in [6.45, 7) is 0.834. The number of hydrogen-bond acceptors (Lipinski definition) is 3. The molecule has 0 fully saturated rings. The molecule has 1 aliphatic heterocycles. The van der Waals surface area contributed by atoms with Crippen LogP contribution in [-0.4, -0.2) is 30.5 Å². The monoisotopic (exact) mass is 269 g/mol. The van der Waals surface area contributed by atoms with E-state index < -0.39 is 0 Å². The van der Waals surface area contributed by atoms with Crippen molar-refractivity contribution in [2.45, 2.75) is 19.4 Å². The van der Waals surface area contributed by atoms with Gasteiger partial charge in [-0.1, -0.05) is 6.07 Å². The van der Waals surface area contributed by atoms with Gasteiger partial charge in [-0.15, -0.1) is 11.6 Å². The van der Waals surface area contributed by atoms with Gasteiger partial charge < -0.3 is 14.4 Å². The Kier molecular flexibility index (Phi) is 4.31. The van der Waals surface area contributed by atoms with Crippen molar-refractivity contribution in [2.75, 3.05) is 19.7 Å². The maximum absolute atomic E-state index is 11.8. The molecule has 0 saturated carbocycles. The molecular weight excluding hydrogens is 254 g/mol. The third-order valence-corrected chi connectivity index (χ3v) is 3.07. The molecule has 0 aliphatic carbocycles. The van der Waals surface area contributed by atoms with Crippen LogP contribution in [-0.2, 0) is 11.3 Å². The van der Waals surface area contributed by atoms with Crippen LogP contribution < -0.4 is 9.47 Å². The molecule has 5 heteroatoms. The number of fused-ring (bicyclic) bond motifs is 1. The van der Waals surface area contributed by atoms with Crippen LogP contribution in [0.5, 0.6) is 11.5 Å². The summed E-state index contributed by atoms with van der Waals surface area (Å²) < 4.78 is 10.5. The van der Waals surface area contributed by atoms with Crippen molar-refractivity contribution in [2.24, 2.45) is 0 Å². The predicted octanol–water partition coefficient (Wildman–Crippen LogP) is 2.39. The first kappa shape index (κ1) is 13.0. The minimum absolute atomic E-state index is 0.105. The van der Waals surface area contributed by atoms with E-state index in [0.29, 0.717) is 25.3 Å². The summed E-state index contributed by atoms with van der Waals surface area (Å²) in [6.07, 6.45) is 1.20. The fourth-order valence-corrected chi connectivity index (χ4v) is 1.94. The van der Waals surface area contributed by atoms with Gasteiger partial charge in [0.05, 0.1) is 0 Å². The van der Waals surface area contributed by atoms with Crippen molar-refractivity contribution in [3.8, 4) is 11.5 Å². The molecule has 2 rings (SSSR count). The smallest absolute Gasteiger partial charge is 0.231 e. The van der Waals surface area contributed by atoms with Gasteiger partial charge in [-0.2, -0.15) is 0 Å². The van der Waals surface area contributed by atoms with Crippen LogP contribution in [0.4, 0.5) is 0 Å². The highest BCUT2D eigenvalue weighted by molar-refractivity contribution is 6.17. The topological polar surface area (TPSA) is 38.8 Å². The van der Waals surface area contributed by atoms with Crippen LogP contribution in [0.15, 0.2) is 18.2 Å². The van der Waals surface area contributed by atoms with Gasteiger partial charge in [-0.3, -0.25) is 4.79 Å². The Labute approximate surface area is 111 Å². The number of amides is 1. The van der Waals surface area contributed by atoms with E-state index >= 15 is 0 Å². The molecule has 0 saturated heterocycles. The van der Waals surface area contributed by atoms with Gasteiger partial charge in [-0.25, -0.2) is 0 Å². The molecule has 0 aromatic heterocycles. The SMILES string of the molecule is CN(Cc1ccc2c(c1)OCO2)C(=O)CCCCl. The van der Waals surface area contributed by atoms with Crippen LogP contribution in [0.1, 0.15) is 18.4 Å². The van der Waals surface area contributed by atoms with Gasteiger partial charge in [-0.05, 0) is 24.1 Å². The molecule has 1 heterocycles. The van der Waals surface area contributed by atoms with Crippen LogP contribution in [0.2, 0.25) is 0 Å². The lowest BCUT2D eigenvalue weighted by Crippen LogP contribution is -2.25. The molecule has 18 heavy (non-hydrogen) atoms. The highest BCUT2D eigenvalue weighted by Gasteiger charge is 2.15. The molecule has 0 N–H and O–H groups in total. The van der Waals surface area contributed by atoms with Crippen LogP contribution in [0.25, 0.3) is 0 Å². The van der Waals surface area contributed by atoms with Crippen LogP contribution in [0, 0.1) is 0 Å². The molecule has 0 atom stereocenters. The number of hydrogen-bond donors (Lipinski definition) is 0. The minimum atomic E-state index is 0.105. The average Bonchev–Trinajstić information content (AvgIpc) is 2.83. The number of rotatable bonds is 5. The number of alkyl halides is 1. The quantitative estimate of drug-likeness (QED) is 0.771. The normalized spacial score (nSPS) is 12.6. The second kappa shape index (κ2) is 5.96. The molecule has 0 radical (unpaired) electrons. The summed E-state index contributed by atoms with van der Waals surface area (Å²) in [5, 5.41) is 0. The van der Waals surface area contributed by atoms with Crippen molar-refractivity contribution in [1.29, 1.82) is 0 Å². The van der Waals surface area contributed by atoms with Crippen molar-refractivity contribution >= 4 is 17.5 Å². The maximum Gasteiger partial charge on any atom is 0.231 e.